The average Bonchev–Trinajstić information content (AvgIpc) is 3.45. The van der Waals surface area contributed by atoms with E-state index < -0.39 is 0 Å². The summed E-state index contributed by atoms with van der Waals surface area (Å²) in [6.45, 7) is 5.25. The van der Waals surface area contributed by atoms with Gasteiger partial charge in [0.2, 0.25) is 0 Å². The maximum Gasteiger partial charge on any atom is 0.253 e. The van der Waals surface area contributed by atoms with Gasteiger partial charge < -0.3 is 14.6 Å². The SMILES string of the molecule is COc1ccc2cc(C(c3nnnn3C3CCCCC3)N3CCN(c4cc(Cl)ccc4C)CC3)c(=O)[nH]c2c1. The number of ether oxygens (including phenoxy) is 1. The molecule has 1 aliphatic heterocycles. The fraction of sp³-hybridized carbons (Fsp3) is 0.448. The molecule has 204 valence electrons. The van der Waals surface area contributed by atoms with E-state index in [0.29, 0.717) is 11.3 Å². The summed E-state index contributed by atoms with van der Waals surface area (Å²) >= 11 is 6.33. The molecule has 1 N–H and O–H groups in total. The zero-order valence-electron chi connectivity index (χ0n) is 22.4. The molecule has 0 amide bonds. The number of methoxy groups -OCH3 is 1. The highest BCUT2D eigenvalue weighted by Gasteiger charge is 2.34. The predicted octanol–water partition coefficient (Wildman–Crippen LogP) is 4.90. The van der Waals surface area contributed by atoms with E-state index in [1.807, 2.05) is 41.1 Å². The van der Waals surface area contributed by atoms with Crippen LogP contribution in [0.25, 0.3) is 10.9 Å². The van der Waals surface area contributed by atoms with Crippen molar-refractivity contribution in [1.29, 1.82) is 0 Å². The van der Waals surface area contributed by atoms with Crippen molar-refractivity contribution in [3.05, 3.63) is 74.8 Å². The minimum atomic E-state index is -0.361. The van der Waals surface area contributed by atoms with Gasteiger partial charge in [-0.2, -0.15) is 0 Å². The van der Waals surface area contributed by atoms with Gasteiger partial charge >= 0.3 is 0 Å². The number of nitrogens with zero attached hydrogens (tertiary/aromatic N) is 6. The van der Waals surface area contributed by atoms with Crippen molar-refractivity contribution in [3.63, 3.8) is 0 Å². The van der Waals surface area contributed by atoms with Crippen molar-refractivity contribution in [3.8, 4) is 5.75 Å². The Kier molecular flexibility index (Phi) is 7.27. The summed E-state index contributed by atoms with van der Waals surface area (Å²) in [5, 5.41) is 14.8. The number of pyridine rings is 1. The van der Waals surface area contributed by atoms with Gasteiger partial charge in [0, 0.05) is 48.5 Å². The summed E-state index contributed by atoms with van der Waals surface area (Å²) < 4.78 is 7.36. The van der Waals surface area contributed by atoms with E-state index in [4.69, 9.17) is 16.3 Å². The van der Waals surface area contributed by atoms with Crippen LogP contribution in [-0.4, -0.2) is 63.4 Å². The van der Waals surface area contributed by atoms with Gasteiger partial charge in [-0.3, -0.25) is 9.69 Å². The number of H-pyrrole nitrogens is 1. The average molecular weight is 548 g/mol. The molecule has 9 nitrogen and oxygen atoms in total. The molecule has 2 fully saturated rings. The molecule has 1 aliphatic carbocycles. The summed E-state index contributed by atoms with van der Waals surface area (Å²) in [5.74, 6) is 1.45. The number of rotatable bonds is 6. The third-order valence-corrected chi connectivity index (χ3v) is 8.49. The highest BCUT2D eigenvalue weighted by Crippen LogP contribution is 2.34. The molecule has 1 unspecified atom stereocenters. The van der Waals surface area contributed by atoms with Crippen LogP contribution in [0.15, 0.2) is 47.3 Å². The number of hydrogen-bond acceptors (Lipinski definition) is 7. The zero-order valence-corrected chi connectivity index (χ0v) is 23.2. The molecule has 0 radical (unpaired) electrons. The maximum absolute atomic E-state index is 13.6. The number of halogens is 1. The lowest BCUT2D eigenvalue weighted by atomic mass is 9.95. The number of aromatic nitrogens is 5. The van der Waals surface area contributed by atoms with Crippen molar-refractivity contribution in [1.82, 2.24) is 30.1 Å². The quantitative estimate of drug-likeness (QED) is 0.367. The summed E-state index contributed by atoms with van der Waals surface area (Å²) in [7, 11) is 1.62. The van der Waals surface area contributed by atoms with Gasteiger partial charge in [-0.15, -0.1) is 5.10 Å². The Balaban J connectivity index is 1.38. The molecule has 1 saturated carbocycles. The van der Waals surface area contributed by atoms with E-state index >= 15 is 0 Å². The van der Waals surface area contributed by atoms with Gasteiger partial charge in [0.15, 0.2) is 5.82 Å². The Hall–Kier alpha value is -3.43. The Morgan fingerprint density at radius 1 is 1.03 bits per heavy atom. The van der Waals surface area contributed by atoms with Gasteiger partial charge in [-0.05, 0) is 71.5 Å². The number of anilines is 1. The first-order valence-corrected chi connectivity index (χ1v) is 14.1. The third-order valence-electron chi connectivity index (χ3n) is 8.25. The smallest absolute Gasteiger partial charge is 0.253 e. The number of aromatic amines is 1. The Bertz CT molecular complexity index is 1520. The van der Waals surface area contributed by atoms with Crippen LogP contribution in [0.1, 0.15) is 61.1 Å². The second-order valence-corrected chi connectivity index (χ2v) is 11.1. The first-order chi connectivity index (χ1) is 19.0. The lowest BCUT2D eigenvalue weighted by Crippen LogP contribution is -2.49. The molecule has 39 heavy (non-hydrogen) atoms. The van der Waals surface area contributed by atoms with Gasteiger partial charge in [-0.1, -0.05) is 36.9 Å². The minimum Gasteiger partial charge on any atom is -0.497 e. The Morgan fingerprint density at radius 2 is 1.82 bits per heavy atom. The molecule has 0 bridgehead atoms. The molecule has 1 atom stereocenters. The molecule has 10 heteroatoms. The van der Waals surface area contributed by atoms with E-state index in [-0.39, 0.29) is 17.6 Å². The molecular formula is C29H34ClN7O2. The molecule has 2 aromatic heterocycles. The summed E-state index contributed by atoms with van der Waals surface area (Å²) in [6, 6.07) is 13.7. The van der Waals surface area contributed by atoms with Gasteiger partial charge in [0.1, 0.15) is 11.8 Å². The van der Waals surface area contributed by atoms with E-state index in [2.05, 4.69) is 43.3 Å². The van der Waals surface area contributed by atoms with Crippen LogP contribution >= 0.6 is 11.6 Å². The summed E-state index contributed by atoms with van der Waals surface area (Å²) in [4.78, 5) is 21.5. The molecule has 2 aromatic carbocycles. The second-order valence-electron chi connectivity index (χ2n) is 10.6. The molecule has 1 saturated heterocycles. The van der Waals surface area contributed by atoms with Crippen molar-refractivity contribution >= 4 is 28.2 Å². The zero-order chi connectivity index (χ0) is 26.9. The van der Waals surface area contributed by atoms with Crippen LogP contribution in [0, 0.1) is 6.92 Å². The number of tetrazole rings is 1. The normalized spacial score (nSPS) is 18.0. The van der Waals surface area contributed by atoms with Crippen molar-refractivity contribution in [2.24, 2.45) is 0 Å². The van der Waals surface area contributed by atoms with Crippen molar-refractivity contribution in [2.75, 3.05) is 38.2 Å². The fourth-order valence-corrected chi connectivity index (χ4v) is 6.30. The van der Waals surface area contributed by atoms with Crippen LogP contribution < -0.4 is 15.2 Å². The van der Waals surface area contributed by atoms with Crippen LogP contribution in [0.4, 0.5) is 5.69 Å². The standard InChI is InChI=1S/C29H34ClN7O2/c1-19-8-10-21(30)17-26(19)35-12-14-36(15-13-35)27(28-32-33-34-37(28)22-6-4-3-5-7-22)24-16-20-9-11-23(39-2)18-25(20)31-29(24)38/h8-11,16-18,22,27H,3-7,12-15H2,1-2H3,(H,31,38). The number of aryl methyl sites for hydroxylation is 1. The van der Waals surface area contributed by atoms with E-state index in [1.165, 1.54) is 24.8 Å². The first kappa shape index (κ1) is 25.8. The third kappa shape index (κ3) is 5.13. The maximum atomic E-state index is 13.6. The van der Waals surface area contributed by atoms with Crippen LogP contribution in [0.2, 0.25) is 5.02 Å². The molecule has 0 spiro atoms. The van der Waals surface area contributed by atoms with Gasteiger partial charge in [0.05, 0.1) is 18.7 Å². The number of nitrogens with one attached hydrogen (secondary N) is 1. The first-order valence-electron chi connectivity index (χ1n) is 13.8. The molecule has 4 aromatic rings. The lowest BCUT2D eigenvalue weighted by Gasteiger charge is -2.40. The van der Waals surface area contributed by atoms with Crippen LogP contribution in [0.5, 0.6) is 5.75 Å². The monoisotopic (exact) mass is 547 g/mol. The summed E-state index contributed by atoms with van der Waals surface area (Å²) in [6.07, 6.45) is 5.70. The van der Waals surface area contributed by atoms with E-state index in [0.717, 1.165) is 66.5 Å². The number of benzene rings is 2. The van der Waals surface area contributed by atoms with Gasteiger partial charge in [-0.25, -0.2) is 4.68 Å². The number of piperazine rings is 1. The molecule has 2 aliphatic rings. The Labute approximate surface area is 232 Å². The lowest BCUT2D eigenvalue weighted by molar-refractivity contribution is 0.192. The largest absolute Gasteiger partial charge is 0.497 e. The second kappa shape index (κ2) is 11.0. The van der Waals surface area contributed by atoms with Gasteiger partial charge in [0.25, 0.3) is 5.56 Å². The highest BCUT2D eigenvalue weighted by atomic mass is 35.5. The van der Waals surface area contributed by atoms with Crippen LogP contribution in [0.3, 0.4) is 0 Å². The summed E-state index contributed by atoms with van der Waals surface area (Å²) in [5.41, 5.74) is 3.63. The number of fused-ring (bicyclic) bond motifs is 1. The number of hydrogen-bond donors (Lipinski definition) is 1. The molecule has 3 heterocycles. The Morgan fingerprint density at radius 3 is 2.59 bits per heavy atom. The highest BCUT2D eigenvalue weighted by molar-refractivity contribution is 6.30. The fourth-order valence-electron chi connectivity index (χ4n) is 6.14. The topological polar surface area (TPSA) is 92.2 Å². The predicted molar refractivity (Wildman–Crippen MR) is 153 cm³/mol. The minimum absolute atomic E-state index is 0.132. The van der Waals surface area contributed by atoms with Crippen molar-refractivity contribution < 1.29 is 4.74 Å². The van der Waals surface area contributed by atoms with Crippen LogP contribution in [-0.2, 0) is 0 Å². The van der Waals surface area contributed by atoms with E-state index in [1.54, 1.807) is 7.11 Å². The molecular weight excluding hydrogens is 514 g/mol. The molecule has 6 rings (SSSR count). The van der Waals surface area contributed by atoms with Crippen molar-refractivity contribution in [2.45, 2.75) is 51.1 Å². The van der Waals surface area contributed by atoms with E-state index in [9.17, 15) is 4.79 Å².